The van der Waals surface area contributed by atoms with E-state index in [1.54, 1.807) is 0 Å². The van der Waals surface area contributed by atoms with E-state index in [1.807, 2.05) is 39.8 Å². The number of carbonyl (C=O) groups is 1. The fraction of sp³-hybridized carbons (Fsp3) is 0.917. The molecule has 114 valence electrons. The van der Waals surface area contributed by atoms with Crippen LogP contribution in [0.2, 0.25) is 0 Å². The van der Waals surface area contributed by atoms with Crippen molar-refractivity contribution in [3.8, 4) is 0 Å². The number of hydrogen-bond acceptors (Lipinski definition) is 4. The van der Waals surface area contributed by atoms with Gasteiger partial charge in [-0.25, -0.2) is 8.42 Å². The molecule has 1 amide bonds. The molecule has 0 aliphatic heterocycles. The Morgan fingerprint density at radius 1 is 1.11 bits per heavy atom. The van der Waals surface area contributed by atoms with Crippen molar-refractivity contribution in [1.29, 1.82) is 0 Å². The van der Waals surface area contributed by atoms with Gasteiger partial charge in [0, 0.05) is 31.6 Å². The topological polar surface area (TPSA) is 69.7 Å². The maximum Gasteiger partial charge on any atom is 0.225 e. The molecule has 19 heavy (non-hydrogen) atoms. The van der Waals surface area contributed by atoms with Crippen molar-refractivity contribution in [2.75, 3.05) is 46.5 Å². The minimum absolute atomic E-state index is 0.0754. The summed E-state index contributed by atoms with van der Waals surface area (Å²) in [5.74, 6) is -0.0754. The Labute approximate surface area is 117 Å². The van der Waals surface area contributed by atoms with Gasteiger partial charge in [0.25, 0.3) is 0 Å². The molecule has 0 saturated carbocycles. The smallest absolute Gasteiger partial charge is 0.225 e. The van der Waals surface area contributed by atoms with E-state index >= 15 is 0 Å². The predicted molar refractivity (Wildman–Crippen MR) is 77.4 cm³/mol. The van der Waals surface area contributed by atoms with Crippen molar-refractivity contribution in [1.82, 2.24) is 14.5 Å². The number of nitrogens with one attached hydrogen (secondary N) is 1. The molecule has 0 rings (SSSR count). The molecule has 0 aliphatic carbocycles. The zero-order chi connectivity index (χ0) is 15.3. The zero-order valence-electron chi connectivity index (χ0n) is 12.9. The van der Waals surface area contributed by atoms with Gasteiger partial charge in [0.2, 0.25) is 15.9 Å². The first-order valence-electron chi connectivity index (χ1n) is 6.32. The summed E-state index contributed by atoms with van der Waals surface area (Å²) in [6.07, 6.45) is 1.19. The van der Waals surface area contributed by atoms with E-state index in [0.29, 0.717) is 26.2 Å². The molecule has 1 N–H and O–H groups in total. The van der Waals surface area contributed by atoms with Crippen molar-refractivity contribution in [3.63, 3.8) is 0 Å². The molecule has 0 atom stereocenters. The highest BCUT2D eigenvalue weighted by Gasteiger charge is 2.22. The lowest BCUT2D eigenvalue weighted by Crippen LogP contribution is -2.43. The highest BCUT2D eigenvalue weighted by atomic mass is 32.2. The van der Waals surface area contributed by atoms with Gasteiger partial charge in [-0.1, -0.05) is 20.8 Å². The lowest BCUT2D eigenvalue weighted by atomic mass is 9.96. The van der Waals surface area contributed by atoms with Crippen LogP contribution >= 0.6 is 0 Å². The number of amides is 1. The van der Waals surface area contributed by atoms with Gasteiger partial charge in [0.1, 0.15) is 0 Å². The molecule has 0 spiro atoms. The second-order valence-electron chi connectivity index (χ2n) is 5.97. The Morgan fingerprint density at radius 3 is 2.00 bits per heavy atom. The minimum Gasteiger partial charge on any atom is -0.354 e. The lowest BCUT2D eigenvalue weighted by Gasteiger charge is -2.23. The lowest BCUT2D eigenvalue weighted by molar-refractivity contribution is -0.128. The first-order chi connectivity index (χ1) is 8.44. The average molecular weight is 293 g/mol. The maximum atomic E-state index is 11.7. The molecule has 0 fully saturated rings. The number of nitrogens with zero attached hydrogens (tertiary/aromatic N) is 2. The van der Waals surface area contributed by atoms with Gasteiger partial charge in [-0.2, -0.15) is 4.31 Å². The quantitative estimate of drug-likeness (QED) is 0.716. The Kier molecular flexibility index (Phi) is 6.96. The largest absolute Gasteiger partial charge is 0.354 e. The van der Waals surface area contributed by atoms with Gasteiger partial charge >= 0.3 is 0 Å². The molecular formula is C12H27N3O3S. The molecule has 0 aromatic heterocycles. The average Bonchev–Trinajstić information content (AvgIpc) is 2.18. The third kappa shape index (κ3) is 8.18. The number of hydrogen-bond donors (Lipinski definition) is 1. The van der Waals surface area contributed by atoms with Gasteiger partial charge in [-0.3, -0.25) is 4.79 Å². The molecule has 0 aromatic rings. The SMILES string of the molecule is CN(C)CCN(CCNC(=O)C(C)(C)C)S(C)(=O)=O. The Hall–Kier alpha value is -0.660. The van der Waals surface area contributed by atoms with E-state index in [4.69, 9.17) is 0 Å². The third-order valence-electron chi connectivity index (χ3n) is 2.59. The monoisotopic (exact) mass is 293 g/mol. The van der Waals surface area contributed by atoms with Crippen molar-refractivity contribution in [2.45, 2.75) is 20.8 Å². The second kappa shape index (κ2) is 7.21. The van der Waals surface area contributed by atoms with Gasteiger partial charge in [-0.05, 0) is 14.1 Å². The van der Waals surface area contributed by atoms with E-state index in [-0.39, 0.29) is 5.91 Å². The van der Waals surface area contributed by atoms with Crippen LogP contribution < -0.4 is 5.32 Å². The van der Waals surface area contributed by atoms with Gasteiger partial charge in [0.05, 0.1) is 6.26 Å². The van der Waals surface area contributed by atoms with E-state index in [1.165, 1.54) is 10.6 Å². The molecule has 0 unspecified atom stereocenters. The van der Waals surface area contributed by atoms with E-state index in [0.717, 1.165) is 0 Å². The molecule has 0 heterocycles. The zero-order valence-corrected chi connectivity index (χ0v) is 13.7. The summed E-state index contributed by atoms with van der Waals surface area (Å²) in [5.41, 5.74) is -0.459. The number of rotatable bonds is 7. The van der Waals surface area contributed by atoms with Crippen LogP contribution in [-0.4, -0.2) is 70.1 Å². The fourth-order valence-corrected chi connectivity index (χ4v) is 2.15. The van der Waals surface area contributed by atoms with Crippen LogP contribution in [0.4, 0.5) is 0 Å². The summed E-state index contributed by atoms with van der Waals surface area (Å²) in [6.45, 7) is 7.18. The number of sulfonamides is 1. The third-order valence-corrected chi connectivity index (χ3v) is 3.90. The normalized spacial score (nSPS) is 13.1. The van der Waals surface area contributed by atoms with Gasteiger partial charge in [-0.15, -0.1) is 0 Å². The molecular weight excluding hydrogens is 266 g/mol. The van der Waals surface area contributed by atoms with Crippen molar-refractivity contribution in [2.24, 2.45) is 5.41 Å². The molecule has 0 aromatic carbocycles. The van der Waals surface area contributed by atoms with Crippen LogP contribution in [-0.2, 0) is 14.8 Å². The summed E-state index contributed by atoms with van der Waals surface area (Å²) >= 11 is 0. The first kappa shape index (κ1) is 18.3. The standard InChI is InChI=1S/C12H27N3O3S/c1-12(2,3)11(16)13-7-8-15(19(6,17)18)10-9-14(4)5/h7-10H2,1-6H3,(H,13,16). The Bertz CT molecular complexity index is 386. The maximum absolute atomic E-state index is 11.7. The molecule has 7 heteroatoms. The Balaban J connectivity index is 4.33. The molecule has 6 nitrogen and oxygen atoms in total. The Morgan fingerprint density at radius 2 is 1.63 bits per heavy atom. The van der Waals surface area contributed by atoms with Crippen LogP contribution in [0, 0.1) is 5.41 Å². The summed E-state index contributed by atoms with van der Waals surface area (Å²) in [5, 5.41) is 2.75. The van der Waals surface area contributed by atoms with Gasteiger partial charge in [0.15, 0.2) is 0 Å². The highest BCUT2D eigenvalue weighted by Crippen LogP contribution is 2.12. The van der Waals surface area contributed by atoms with Crippen LogP contribution in [0.3, 0.4) is 0 Å². The van der Waals surface area contributed by atoms with E-state index in [2.05, 4.69) is 5.32 Å². The summed E-state index contributed by atoms with van der Waals surface area (Å²) in [4.78, 5) is 13.6. The summed E-state index contributed by atoms with van der Waals surface area (Å²) in [7, 11) is 0.543. The molecule has 0 bridgehead atoms. The van der Waals surface area contributed by atoms with Crippen LogP contribution in [0.1, 0.15) is 20.8 Å². The number of likely N-dealkylation sites (N-methyl/N-ethyl adjacent to an activating group) is 1. The summed E-state index contributed by atoms with van der Waals surface area (Å²) < 4.78 is 24.6. The number of carbonyl (C=O) groups excluding carboxylic acids is 1. The first-order valence-corrected chi connectivity index (χ1v) is 8.17. The van der Waals surface area contributed by atoms with Crippen LogP contribution in [0.25, 0.3) is 0 Å². The molecule has 0 radical (unpaired) electrons. The fourth-order valence-electron chi connectivity index (χ4n) is 1.31. The van der Waals surface area contributed by atoms with E-state index < -0.39 is 15.4 Å². The van der Waals surface area contributed by atoms with Crippen molar-refractivity contribution in [3.05, 3.63) is 0 Å². The van der Waals surface area contributed by atoms with Crippen molar-refractivity contribution < 1.29 is 13.2 Å². The molecule has 0 aliphatic rings. The van der Waals surface area contributed by atoms with Crippen LogP contribution in [0.15, 0.2) is 0 Å². The predicted octanol–water partition coefficient (Wildman–Crippen LogP) is -0.0281. The minimum atomic E-state index is -3.24. The van der Waals surface area contributed by atoms with Crippen LogP contribution in [0.5, 0.6) is 0 Å². The van der Waals surface area contributed by atoms with Gasteiger partial charge < -0.3 is 10.2 Å². The molecule has 0 saturated heterocycles. The highest BCUT2D eigenvalue weighted by molar-refractivity contribution is 7.88. The summed E-state index contributed by atoms with van der Waals surface area (Å²) in [6, 6.07) is 0. The van der Waals surface area contributed by atoms with E-state index in [9.17, 15) is 13.2 Å². The second-order valence-corrected chi connectivity index (χ2v) is 7.95. The van der Waals surface area contributed by atoms with Crippen molar-refractivity contribution >= 4 is 15.9 Å².